The summed E-state index contributed by atoms with van der Waals surface area (Å²) in [6.45, 7) is 0. The first-order valence-electron chi connectivity index (χ1n) is 4.58. The topological polar surface area (TPSA) is 97.6 Å². The molecule has 1 aromatic rings. The van der Waals surface area contributed by atoms with E-state index < -0.39 is 31.4 Å². The summed E-state index contributed by atoms with van der Waals surface area (Å²) in [6, 6.07) is 2.88. The summed E-state index contributed by atoms with van der Waals surface area (Å²) in [5.74, 6) is 0. The van der Waals surface area contributed by atoms with E-state index in [2.05, 4.69) is 0 Å². The third kappa shape index (κ3) is 2.66. The lowest BCUT2D eigenvalue weighted by molar-refractivity contribution is -0.385. The van der Waals surface area contributed by atoms with Gasteiger partial charge in [-0.1, -0.05) is 0 Å². The first-order chi connectivity index (χ1) is 8.17. The zero-order chi connectivity index (χ0) is 14.1. The fourth-order valence-electron chi connectivity index (χ4n) is 1.20. The van der Waals surface area contributed by atoms with E-state index in [0.29, 0.717) is 0 Å². The average Bonchev–Trinajstić information content (AvgIpc) is 2.27. The van der Waals surface area contributed by atoms with E-state index in [1.54, 1.807) is 0 Å². The summed E-state index contributed by atoms with van der Waals surface area (Å²) in [7, 11) is -1.17. The van der Waals surface area contributed by atoms with Gasteiger partial charge in [-0.05, 0) is 23.7 Å². The Morgan fingerprint density at radius 2 is 1.94 bits per heavy atom. The van der Waals surface area contributed by atoms with Crippen molar-refractivity contribution in [2.75, 3.05) is 14.1 Å². The molecule has 0 unspecified atom stereocenters. The van der Waals surface area contributed by atoms with Crippen LogP contribution < -0.4 is 0 Å². The number of carbonyl (C=O) groups is 1. The molecular weight excluding hydrogens is 284 g/mol. The summed E-state index contributed by atoms with van der Waals surface area (Å²) in [4.78, 5) is 20.7. The highest BCUT2D eigenvalue weighted by molar-refractivity contribution is 7.89. The Hall–Kier alpha value is -1.51. The maximum Gasteiger partial charge on any atom is 0.281 e. The average molecular weight is 293 g/mol. The second-order valence-corrected chi connectivity index (χ2v) is 5.99. The van der Waals surface area contributed by atoms with Crippen LogP contribution in [0.2, 0.25) is 0 Å². The Bertz CT molecular complexity index is 611. The van der Waals surface area contributed by atoms with Crippen LogP contribution in [-0.4, -0.2) is 37.0 Å². The van der Waals surface area contributed by atoms with Crippen molar-refractivity contribution in [2.45, 2.75) is 4.90 Å². The minimum Gasteiger partial charge on any atom is -0.275 e. The highest BCUT2D eigenvalue weighted by atomic mass is 35.5. The lowest BCUT2D eigenvalue weighted by Gasteiger charge is -2.11. The van der Waals surface area contributed by atoms with Gasteiger partial charge in [0.05, 0.1) is 9.82 Å². The summed E-state index contributed by atoms with van der Waals surface area (Å²) in [5.41, 5.74) is -0.989. The molecule has 0 amide bonds. The third-order valence-electron chi connectivity index (χ3n) is 2.16. The standard InChI is InChI=1S/C9H9ClN2O5S/c1-11(2)18(16,17)6-3-4-8(12(14)15)7(5-6)9(10)13/h3-5H,1-2H3. The molecule has 0 radical (unpaired) electrons. The monoisotopic (exact) mass is 292 g/mol. The van der Waals surface area contributed by atoms with E-state index in [1.165, 1.54) is 14.1 Å². The minimum absolute atomic E-state index is 0.234. The van der Waals surface area contributed by atoms with Gasteiger partial charge in [0.1, 0.15) is 5.56 Å². The fourth-order valence-corrected chi connectivity index (χ4v) is 2.28. The van der Waals surface area contributed by atoms with E-state index in [4.69, 9.17) is 11.6 Å². The lowest BCUT2D eigenvalue weighted by atomic mass is 10.2. The Morgan fingerprint density at radius 1 is 1.39 bits per heavy atom. The van der Waals surface area contributed by atoms with E-state index >= 15 is 0 Å². The smallest absolute Gasteiger partial charge is 0.275 e. The molecule has 1 rings (SSSR count). The van der Waals surface area contributed by atoms with Gasteiger partial charge in [-0.3, -0.25) is 14.9 Å². The molecule has 0 spiro atoms. The Kier molecular flexibility index (Phi) is 4.05. The first kappa shape index (κ1) is 14.6. The number of carbonyl (C=O) groups excluding carboxylic acids is 1. The number of hydrogen-bond donors (Lipinski definition) is 0. The summed E-state index contributed by atoms with van der Waals surface area (Å²) >= 11 is 5.20. The van der Waals surface area contributed by atoms with Crippen molar-refractivity contribution in [3.63, 3.8) is 0 Å². The number of nitro benzene ring substituents is 1. The van der Waals surface area contributed by atoms with Gasteiger partial charge in [0.2, 0.25) is 10.0 Å². The van der Waals surface area contributed by atoms with Crippen LogP contribution in [0.5, 0.6) is 0 Å². The van der Waals surface area contributed by atoms with Crippen LogP contribution in [0, 0.1) is 10.1 Å². The van der Waals surface area contributed by atoms with E-state index in [9.17, 15) is 23.3 Å². The molecule has 0 heterocycles. The van der Waals surface area contributed by atoms with E-state index in [0.717, 1.165) is 22.5 Å². The van der Waals surface area contributed by atoms with Gasteiger partial charge in [-0.25, -0.2) is 12.7 Å². The van der Waals surface area contributed by atoms with Gasteiger partial charge in [0, 0.05) is 20.2 Å². The van der Waals surface area contributed by atoms with Crippen molar-refractivity contribution >= 4 is 32.6 Å². The van der Waals surface area contributed by atoms with Crippen molar-refractivity contribution in [1.29, 1.82) is 0 Å². The number of rotatable bonds is 4. The second kappa shape index (κ2) is 5.01. The largest absolute Gasteiger partial charge is 0.281 e. The van der Waals surface area contributed by atoms with Crippen LogP contribution in [0.4, 0.5) is 5.69 Å². The summed E-state index contributed by atoms with van der Waals surface area (Å²) in [6.07, 6.45) is 0. The Balaban J connectivity index is 3.51. The minimum atomic E-state index is -3.78. The number of nitro groups is 1. The van der Waals surface area contributed by atoms with E-state index in [1.807, 2.05) is 0 Å². The molecule has 0 saturated heterocycles. The van der Waals surface area contributed by atoms with Crippen LogP contribution >= 0.6 is 11.6 Å². The molecule has 0 aliphatic carbocycles. The maximum atomic E-state index is 11.8. The lowest BCUT2D eigenvalue weighted by Crippen LogP contribution is -2.22. The zero-order valence-corrected chi connectivity index (χ0v) is 11.0. The normalized spacial score (nSPS) is 11.6. The van der Waals surface area contributed by atoms with Gasteiger partial charge in [0.25, 0.3) is 10.9 Å². The molecule has 0 aliphatic rings. The number of halogens is 1. The quantitative estimate of drug-likeness (QED) is 0.472. The molecular formula is C9H9ClN2O5S. The predicted molar refractivity (Wildman–Crippen MR) is 64.2 cm³/mol. The molecule has 0 saturated carbocycles. The van der Waals surface area contributed by atoms with Crippen molar-refractivity contribution < 1.29 is 18.1 Å². The molecule has 1 aromatic carbocycles. The van der Waals surface area contributed by atoms with Crippen LogP contribution in [0.25, 0.3) is 0 Å². The Morgan fingerprint density at radius 3 is 2.33 bits per heavy atom. The molecule has 0 N–H and O–H groups in total. The molecule has 0 aromatic heterocycles. The SMILES string of the molecule is CN(C)S(=O)(=O)c1ccc([N+](=O)[O-])c(C(=O)Cl)c1. The molecule has 0 fully saturated rings. The molecule has 7 nitrogen and oxygen atoms in total. The highest BCUT2D eigenvalue weighted by Gasteiger charge is 2.24. The van der Waals surface area contributed by atoms with Crippen LogP contribution in [0.15, 0.2) is 23.1 Å². The molecule has 9 heteroatoms. The highest BCUT2D eigenvalue weighted by Crippen LogP contribution is 2.25. The van der Waals surface area contributed by atoms with Crippen molar-refractivity contribution in [3.05, 3.63) is 33.9 Å². The van der Waals surface area contributed by atoms with Crippen LogP contribution in [0.1, 0.15) is 10.4 Å². The van der Waals surface area contributed by atoms with Gasteiger partial charge in [0.15, 0.2) is 0 Å². The molecule has 0 aliphatic heterocycles. The predicted octanol–water partition coefficient (Wildman–Crippen LogP) is 1.22. The molecule has 0 atom stereocenters. The summed E-state index contributed by atoms with van der Waals surface area (Å²) in [5, 5.41) is 9.57. The molecule has 18 heavy (non-hydrogen) atoms. The van der Waals surface area contributed by atoms with Gasteiger partial charge in [-0.2, -0.15) is 0 Å². The first-order valence-corrected chi connectivity index (χ1v) is 6.40. The number of benzene rings is 1. The Labute approximate surface area is 108 Å². The third-order valence-corrected chi connectivity index (χ3v) is 4.17. The van der Waals surface area contributed by atoms with Crippen molar-refractivity contribution in [1.82, 2.24) is 4.31 Å². The fraction of sp³-hybridized carbons (Fsp3) is 0.222. The second-order valence-electron chi connectivity index (χ2n) is 3.50. The number of hydrogen-bond acceptors (Lipinski definition) is 5. The maximum absolute atomic E-state index is 11.8. The van der Waals surface area contributed by atoms with Crippen molar-refractivity contribution in [2.24, 2.45) is 0 Å². The van der Waals surface area contributed by atoms with Gasteiger partial charge >= 0.3 is 0 Å². The van der Waals surface area contributed by atoms with Crippen LogP contribution in [0.3, 0.4) is 0 Å². The van der Waals surface area contributed by atoms with Gasteiger partial charge in [-0.15, -0.1) is 0 Å². The van der Waals surface area contributed by atoms with Crippen LogP contribution in [-0.2, 0) is 10.0 Å². The van der Waals surface area contributed by atoms with Gasteiger partial charge < -0.3 is 0 Å². The van der Waals surface area contributed by atoms with Crippen molar-refractivity contribution in [3.8, 4) is 0 Å². The number of sulfonamides is 1. The zero-order valence-electron chi connectivity index (χ0n) is 9.45. The van der Waals surface area contributed by atoms with E-state index in [-0.39, 0.29) is 4.90 Å². The molecule has 98 valence electrons. The summed E-state index contributed by atoms with van der Waals surface area (Å²) < 4.78 is 24.5. The molecule has 0 bridgehead atoms. The number of nitrogens with zero attached hydrogens (tertiary/aromatic N) is 2.